The van der Waals surface area contributed by atoms with Gasteiger partial charge in [-0.15, -0.1) is 11.3 Å². The van der Waals surface area contributed by atoms with Crippen molar-refractivity contribution in [2.45, 2.75) is 24.5 Å². The third-order valence-corrected chi connectivity index (χ3v) is 5.69. The molecular weight excluding hydrogens is 314 g/mol. The van der Waals surface area contributed by atoms with Crippen molar-refractivity contribution < 1.29 is 23.1 Å². The Morgan fingerprint density at radius 3 is 2.38 bits per heavy atom. The minimum Gasteiger partial charge on any atom is -0.481 e. The summed E-state index contributed by atoms with van der Waals surface area (Å²) in [6.45, 7) is 3.85. The average molecular weight is 333 g/mol. The maximum absolute atomic E-state index is 11.9. The smallest absolute Gasteiger partial charge is 0.308 e. The number of carboxylic acids is 1. The number of aliphatic carboxylic acids is 1. The molecule has 0 aliphatic rings. The molecule has 0 fully saturated rings. The van der Waals surface area contributed by atoms with Gasteiger partial charge in [-0.3, -0.25) is 9.59 Å². The minimum absolute atomic E-state index is 0.0262. The van der Waals surface area contributed by atoms with Gasteiger partial charge in [0.2, 0.25) is 0 Å². The molecule has 0 bridgehead atoms. The molecule has 1 rings (SSSR count). The zero-order chi connectivity index (χ0) is 16.2. The van der Waals surface area contributed by atoms with Crippen molar-refractivity contribution in [3.63, 3.8) is 0 Å². The summed E-state index contributed by atoms with van der Waals surface area (Å²) in [6.07, 6.45) is 1.54. The summed E-state index contributed by atoms with van der Waals surface area (Å²) in [5.41, 5.74) is 0. The van der Waals surface area contributed by atoms with Crippen LogP contribution in [0, 0.1) is 11.8 Å². The number of nitrogens with one attached hydrogen (secondary N) is 1. The molecule has 2 N–H and O–H groups in total. The van der Waals surface area contributed by atoms with E-state index in [0.29, 0.717) is 6.42 Å². The number of hydrogen-bond acceptors (Lipinski definition) is 5. The summed E-state index contributed by atoms with van der Waals surface area (Å²) in [5, 5.41) is 11.6. The Hall–Kier alpha value is -1.41. The summed E-state index contributed by atoms with van der Waals surface area (Å²) in [5.74, 6) is -1.85. The Morgan fingerprint density at radius 2 is 1.95 bits per heavy atom. The van der Waals surface area contributed by atoms with Gasteiger partial charge in [-0.05, 0) is 24.5 Å². The number of carboxylic acid groups (broad SMARTS) is 1. The molecule has 21 heavy (non-hydrogen) atoms. The topological polar surface area (TPSA) is 101 Å². The van der Waals surface area contributed by atoms with Crippen LogP contribution in [0.1, 0.15) is 29.9 Å². The first-order valence-corrected chi connectivity index (χ1v) is 9.13. The van der Waals surface area contributed by atoms with E-state index in [0.717, 1.165) is 17.6 Å². The Kier molecular flexibility index (Phi) is 5.91. The molecule has 0 spiro atoms. The first-order valence-electron chi connectivity index (χ1n) is 6.42. The predicted molar refractivity (Wildman–Crippen MR) is 80.3 cm³/mol. The van der Waals surface area contributed by atoms with Gasteiger partial charge in [0.25, 0.3) is 5.91 Å². The molecule has 1 heterocycles. The van der Waals surface area contributed by atoms with Gasteiger partial charge in [-0.25, -0.2) is 8.42 Å². The Balaban J connectivity index is 2.68. The van der Waals surface area contributed by atoms with Crippen LogP contribution in [0.4, 0.5) is 0 Å². The van der Waals surface area contributed by atoms with E-state index in [9.17, 15) is 18.0 Å². The molecular formula is C13H19NO5S2. The Labute approximate surface area is 128 Å². The molecule has 0 aliphatic carbocycles. The summed E-state index contributed by atoms with van der Waals surface area (Å²) in [6, 6.07) is 2.80. The van der Waals surface area contributed by atoms with Gasteiger partial charge in [-0.2, -0.15) is 0 Å². The van der Waals surface area contributed by atoms with E-state index in [1.807, 2.05) is 13.8 Å². The summed E-state index contributed by atoms with van der Waals surface area (Å²) >= 11 is 0.874. The van der Waals surface area contributed by atoms with Gasteiger partial charge in [0.05, 0.1) is 10.8 Å². The van der Waals surface area contributed by atoms with Crippen LogP contribution in [0.5, 0.6) is 0 Å². The molecule has 0 aromatic carbocycles. The number of hydrogen-bond donors (Lipinski definition) is 2. The summed E-state index contributed by atoms with van der Waals surface area (Å²) in [7, 11) is -3.33. The molecule has 0 radical (unpaired) electrons. The van der Waals surface area contributed by atoms with Crippen molar-refractivity contribution >= 4 is 33.1 Å². The van der Waals surface area contributed by atoms with Crippen LogP contribution in [0.15, 0.2) is 16.3 Å². The van der Waals surface area contributed by atoms with Crippen LogP contribution in [-0.2, 0) is 14.6 Å². The summed E-state index contributed by atoms with van der Waals surface area (Å²) < 4.78 is 22.8. The van der Waals surface area contributed by atoms with Crippen LogP contribution in [0.25, 0.3) is 0 Å². The van der Waals surface area contributed by atoms with Gasteiger partial charge in [0.1, 0.15) is 4.21 Å². The van der Waals surface area contributed by atoms with Crippen LogP contribution < -0.4 is 5.32 Å². The summed E-state index contributed by atoms with van der Waals surface area (Å²) in [4.78, 5) is 23.3. The number of carbonyl (C=O) groups excluding carboxylic acids is 1. The zero-order valence-corrected chi connectivity index (χ0v) is 13.8. The SMILES string of the molecule is CC(C)CC(CNC(=O)c1ccc(S(C)(=O)=O)s1)C(=O)O. The number of amides is 1. The van der Waals surface area contributed by atoms with Gasteiger partial charge in [0, 0.05) is 12.8 Å². The van der Waals surface area contributed by atoms with E-state index in [1.165, 1.54) is 12.1 Å². The van der Waals surface area contributed by atoms with Crippen LogP contribution >= 0.6 is 11.3 Å². The lowest BCUT2D eigenvalue weighted by Crippen LogP contribution is -2.33. The van der Waals surface area contributed by atoms with Gasteiger partial charge >= 0.3 is 5.97 Å². The standard InChI is InChI=1S/C13H19NO5S2/c1-8(2)6-9(13(16)17)7-14-12(15)10-4-5-11(20-10)21(3,18)19/h4-5,8-9H,6-7H2,1-3H3,(H,14,15)(H,16,17). The Morgan fingerprint density at radius 1 is 1.33 bits per heavy atom. The molecule has 118 valence electrons. The molecule has 0 saturated heterocycles. The lowest BCUT2D eigenvalue weighted by atomic mass is 9.97. The molecule has 1 aromatic rings. The molecule has 1 amide bonds. The third-order valence-electron chi connectivity index (χ3n) is 2.78. The molecule has 1 unspecified atom stereocenters. The second-order valence-corrected chi connectivity index (χ2v) is 8.59. The zero-order valence-electron chi connectivity index (χ0n) is 12.1. The number of thiophene rings is 1. The number of carbonyl (C=O) groups is 2. The first kappa shape index (κ1) is 17.6. The number of sulfone groups is 1. The number of rotatable bonds is 7. The fourth-order valence-electron chi connectivity index (χ4n) is 1.78. The molecule has 8 heteroatoms. The quantitative estimate of drug-likeness (QED) is 0.790. The van der Waals surface area contributed by atoms with E-state index in [1.54, 1.807) is 0 Å². The van der Waals surface area contributed by atoms with Crippen LogP contribution in [-0.4, -0.2) is 38.2 Å². The lowest BCUT2D eigenvalue weighted by molar-refractivity contribution is -0.142. The highest BCUT2D eigenvalue weighted by atomic mass is 32.2. The van der Waals surface area contributed by atoms with Crippen molar-refractivity contribution in [3.05, 3.63) is 17.0 Å². The van der Waals surface area contributed by atoms with Crippen molar-refractivity contribution in [1.82, 2.24) is 5.32 Å². The highest BCUT2D eigenvalue weighted by molar-refractivity contribution is 7.92. The molecule has 1 atom stereocenters. The average Bonchev–Trinajstić information content (AvgIpc) is 2.82. The van der Waals surface area contributed by atoms with Crippen molar-refractivity contribution in [1.29, 1.82) is 0 Å². The Bertz CT molecular complexity index is 618. The molecule has 6 nitrogen and oxygen atoms in total. The molecule has 1 aromatic heterocycles. The second-order valence-electron chi connectivity index (χ2n) is 5.27. The highest BCUT2D eigenvalue weighted by Crippen LogP contribution is 2.21. The fraction of sp³-hybridized carbons (Fsp3) is 0.538. The second kappa shape index (κ2) is 7.04. The van der Waals surface area contributed by atoms with Gasteiger partial charge in [-0.1, -0.05) is 13.8 Å². The first-order chi connectivity index (χ1) is 9.61. The lowest BCUT2D eigenvalue weighted by Gasteiger charge is -2.14. The van der Waals surface area contributed by atoms with Crippen molar-refractivity contribution in [2.24, 2.45) is 11.8 Å². The van der Waals surface area contributed by atoms with E-state index < -0.39 is 27.6 Å². The van der Waals surface area contributed by atoms with Gasteiger partial charge < -0.3 is 10.4 Å². The maximum Gasteiger partial charge on any atom is 0.308 e. The minimum atomic E-state index is -3.33. The van der Waals surface area contributed by atoms with Crippen molar-refractivity contribution in [3.8, 4) is 0 Å². The van der Waals surface area contributed by atoms with Crippen molar-refractivity contribution in [2.75, 3.05) is 12.8 Å². The predicted octanol–water partition coefficient (Wildman–Crippen LogP) is 1.63. The fourth-order valence-corrected chi connectivity index (χ4v) is 3.63. The van der Waals surface area contributed by atoms with Gasteiger partial charge in [0.15, 0.2) is 9.84 Å². The van der Waals surface area contributed by atoms with E-state index in [2.05, 4.69) is 5.32 Å². The largest absolute Gasteiger partial charge is 0.481 e. The highest BCUT2D eigenvalue weighted by Gasteiger charge is 2.21. The maximum atomic E-state index is 11.9. The van der Waals surface area contributed by atoms with E-state index in [-0.39, 0.29) is 21.5 Å². The van der Waals surface area contributed by atoms with Crippen LogP contribution in [0.2, 0.25) is 0 Å². The normalized spacial score (nSPS) is 13.1. The third kappa shape index (κ3) is 5.47. The van der Waals surface area contributed by atoms with E-state index >= 15 is 0 Å². The molecule has 0 aliphatic heterocycles. The molecule has 0 saturated carbocycles. The van der Waals surface area contributed by atoms with Crippen LogP contribution in [0.3, 0.4) is 0 Å². The monoisotopic (exact) mass is 333 g/mol. The van der Waals surface area contributed by atoms with E-state index in [4.69, 9.17) is 5.11 Å².